The summed E-state index contributed by atoms with van der Waals surface area (Å²) in [6.45, 7) is 6.24. The number of aromatic amines is 1. The van der Waals surface area contributed by atoms with Crippen molar-refractivity contribution in [1.29, 1.82) is 0 Å². The molecule has 1 amide bonds. The van der Waals surface area contributed by atoms with E-state index in [4.69, 9.17) is 4.74 Å². The Bertz CT molecular complexity index is 667. The molecular weight excluding hydrogens is 280 g/mol. The Labute approximate surface area is 129 Å². The summed E-state index contributed by atoms with van der Waals surface area (Å²) in [6.07, 6.45) is 4.79. The maximum atomic E-state index is 12.7. The number of hydrogen-bond acceptors (Lipinski definition) is 4. The predicted octanol–water partition coefficient (Wildman–Crippen LogP) is 2.30. The molecule has 22 heavy (non-hydrogen) atoms. The van der Waals surface area contributed by atoms with E-state index in [0.717, 1.165) is 43.5 Å². The summed E-state index contributed by atoms with van der Waals surface area (Å²) < 4.78 is 5.80. The molecule has 3 heterocycles. The number of piperidine rings is 1. The van der Waals surface area contributed by atoms with E-state index in [9.17, 15) is 4.79 Å². The number of carbonyl (C=O) groups excluding carboxylic acids is 1. The SMILES string of the molecule is CCCO[C@H]1CCCN(C(=O)c2cnc3n[nH]c(C)c3c2)C1. The van der Waals surface area contributed by atoms with Gasteiger partial charge < -0.3 is 9.64 Å². The van der Waals surface area contributed by atoms with Gasteiger partial charge in [-0.05, 0) is 32.3 Å². The number of fused-ring (bicyclic) bond motifs is 1. The molecule has 1 N–H and O–H groups in total. The van der Waals surface area contributed by atoms with E-state index >= 15 is 0 Å². The summed E-state index contributed by atoms with van der Waals surface area (Å²) in [7, 11) is 0. The van der Waals surface area contributed by atoms with Gasteiger partial charge in [0, 0.05) is 37.0 Å². The zero-order valence-electron chi connectivity index (χ0n) is 13.1. The van der Waals surface area contributed by atoms with E-state index < -0.39 is 0 Å². The number of aromatic nitrogens is 3. The molecule has 1 saturated heterocycles. The first-order chi connectivity index (χ1) is 10.7. The smallest absolute Gasteiger partial charge is 0.255 e. The van der Waals surface area contributed by atoms with Crippen LogP contribution < -0.4 is 0 Å². The van der Waals surface area contributed by atoms with Crippen LogP contribution in [0.3, 0.4) is 0 Å². The highest BCUT2D eigenvalue weighted by atomic mass is 16.5. The molecule has 0 bridgehead atoms. The van der Waals surface area contributed by atoms with Crippen LogP contribution in [0.4, 0.5) is 0 Å². The monoisotopic (exact) mass is 302 g/mol. The highest BCUT2D eigenvalue weighted by molar-refractivity contribution is 5.97. The normalized spacial score (nSPS) is 18.8. The minimum Gasteiger partial charge on any atom is -0.376 e. The lowest BCUT2D eigenvalue weighted by atomic mass is 10.1. The van der Waals surface area contributed by atoms with Crippen molar-refractivity contribution < 1.29 is 9.53 Å². The molecule has 2 aromatic rings. The van der Waals surface area contributed by atoms with Crippen LogP contribution in [-0.4, -0.2) is 51.8 Å². The van der Waals surface area contributed by atoms with Gasteiger partial charge in [-0.1, -0.05) is 6.92 Å². The third-order valence-electron chi connectivity index (χ3n) is 4.07. The summed E-state index contributed by atoms with van der Waals surface area (Å²) in [4.78, 5) is 18.8. The van der Waals surface area contributed by atoms with E-state index in [1.165, 1.54) is 0 Å². The number of pyridine rings is 1. The van der Waals surface area contributed by atoms with Crippen molar-refractivity contribution in [2.24, 2.45) is 0 Å². The van der Waals surface area contributed by atoms with Crippen LogP contribution in [0.15, 0.2) is 12.3 Å². The average molecular weight is 302 g/mol. The Morgan fingerprint density at radius 3 is 3.23 bits per heavy atom. The van der Waals surface area contributed by atoms with Gasteiger partial charge in [-0.3, -0.25) is 9.89 Å². The predicted molar refractivity (Wildman–Crippen MR) is 83.8 cm³/mol. The fourth-order valence-electron chi connectivity index (χ4n) is 2.86. The molecule has 3 rings (SSSR count). The van der Waals surface area contributed by atoms with Gasteiger partial charge in [-0.2, -0.15) is 5.10 Å². The molecule has 2 aromatic heterocycles. The molecule has 0 unspecified atom stereocenters. The van der Waals surface area contributed by atoms with Gasteiger partial charge in [-0.25, -0.2) is 4.98 Å². The Hall–Kier alpha value is -1.95. The Balaban J connectivity index is 1.75. The van der Waals surface area contributed by atoms with Crippen LogP contribution in [0.5, 0.6) is 0 Å². The fourth-order valence-corrected chi connectivity index (χ4v) is 2.86. The van der Waals surface area contributed by atoms with Crippen molar-refractivity contribution in [2.45, 2.75) is 39.2 Å². The van der Waals surface area contributed by atoms with Crippen molar-refractivity contribution in [3.05, 3.63) is 23.5 Å². The third kappa shape index (κ3) is 2.97. The largest absolute Gasteiger partial charge is 0.376 e. The Kier molecular flexibility index (Phi) is 4.38. The molecule has 1 atom stereocenters. The van der Waals surface area contributed by atoms with Crippen molar-refractivity contribution in [3.63, 3.8) is 0 Å². The molecule has 0 saturated carbocycles. The quantitative estimate of drug-likeness (QED) is 0.940. The van der Waals surface area contributed by atoms with Crippen molar-refractivity contribution in [3.8, 4) is 0 Å². The van der Waals surface area contributed by atoms with Crippen LogP contribution in [0.1, 0.15) is 42.2 Å². The number of likely N-dealkylation sites (tertiary alicyclic amines) is 1. The van der Waals surface area contributed by atoms with Crippen LogP contribution in [-0.2, 0) is 4.74 Å². The summed E-state index contributed by atoms with van der Waals surface area (Å²) >= 11 is 0. The average Bonchev–Trinajstić information content (AvgIpc) is 2.93. The number of hydrogen-bond donors (Lipinski definition) is 1. The molecule has 0 radical (unpaired) electrons. The van der Waals surface area contributed by atoms with E-state index in [0.29, 0.717) is 17.8 Å². The summed E-state index contributed by atoms with van der Waals surface area (Å²) in [6, 6.07) is 1.88. The summed E-state index contributed by atoms with van der Waals surface area (Å²) in [5.74, 6) is 0.0276. The van der Waals surface area contributed by atoms with Gasteiger partial charge in [0.1, 0.15) is 0 Å². The number of H-pyrrole nitrogens is 1. The highest BCUT2D eigenvalue weighted by Gasteiger charge is 2.25. The molecule has 0 aromatic carbocycles. The number of nitrogens with one attached hydrogen (secondary N) is 1. The summed E-state index contributed by atoms with van der Waals surface area (Å²) in [5, 5.41) is 7.90. The van der Waals surface area contributed by atoms with Gasteiger partial charge in [-0.15, -0.1) is 0 Å². The minimum atomic E-state index is 0.0276. The van der Waals surface area contributed by atoms with E-state index in [-0.39, 0.29) is 12.0 Å². The lowest BCUT2D eigenvalue weighted by molar-refractivity contribution is 0.00210. The number of ether oxygens (including phenoxy) is 1. The molecule has 6 nitrogen and oxygen atoms in total. The van der Waals surface area contributed by atoms with Crippen molar-refractivity contribution >= 4 is 16.9 Å². The molecule has 0 aliphatic carbocycles. The first kappa shape index (κ1) is 15.0. The van der Waals surface area contributed by atoms with Crippen LogP contribution in [0.2, 0.25) is 0 Å². The van der Waals surface area contributed by atoms with Gasteiger partial charge in [0.05, 0.1) is 11.7 Å². The standard InChI is InChI=1S/C16H22N4O2/c1-3-7-22-13-5-4-6-20(10-13)16(21)12-8-14-11(2)18-19-15(14)17-9-12/h8-9,13H,3-7,10H2,1-2H3,(H,17,18,19)/t13-/m0/s1. The van der Waals surface area contributed by atoms with Crippen LogP contribution >= 0.6 is 0 Å². The lowest BCUT2D eigenvalue weighted by Gasteiger charge is -2.32. The fraction of sp³-hybridized carbons (Fsp3) is 0.562. The van der Waals surface area contributed by atoms with Crippen LogP contribution in [0.25, 0.3) is 11.0 Å². The first-order valence-electron chi connectivity index (χ1n) is 7.90. The zero-order valence-corrected chi connectivity index (χ0v) is 13.1. The van der Waals surface area contributed by atoms with Crippen LogP contribution in [0, 0.1) is 6.92 Å². The number of carbonyl (C=O) groups is 1. The second kappa shape index (κ2) is 6.44. The molecule has 6 heteroatoms. The van der Waals surface area contributed by atoms with E-state index in [1.54, 1.807) is 6.20 Å². The number of aryl methyl sites for hydroxylation is 1. The van der Waals surface area contributed by atoms with Crippen molar-refractivity contribution in [1.82, 2.24) is 20.1 Å². The van der Waals surface area contributed by atoms with Gasteiger partial charge in [0.15, 0.2) is 5.65 Å². The summed E-state index contributed by atoms with van der Waals surface area (Å²) in [5.41, 5.74) is 2.20. The zero-order chi connectivity index (χ0) is 15.5. The van der Waals surface area contributed by atoms with Crippen molar-refractivity contribution in [2.75, 3.05) is 19.7 Å². The molecule has 1 fully saturated rings. The van der Waals surface area contributed by atoms with E-state index in [1.807, 2.05) is 17.9 Å². The van der Waals surface area contributed by atoms with Gasteiger partial charge >= 0.3 is 0 Å². The molecule has 1 aliphatic rings. The minimum absolute atomic E-state index is 0.0276. The number of nitrogens with zero attached hydrogens (tertiary/aromatic N) is 3. The van der Waals surface area contributed by atoms with E-state index in [2.05, 4.69) is 22.1 Å². The molecular formula is C16H22N4O2. The first-order valence-corrected chi connectivity index (χ1v) is 7.90. The maximum Gasteiger partial charge on any atom is 0.255 e. The molecule has 1 aliphatic heterocycles. The second-order valence-corrected chi connectivity index (χ2v) is 5.83. The second-order valence-electron chi connectivity index (χ2n) is 5.83. The van der Waals surface area contributed by atoms with Gasteiger partial charge in [0.2, 0.25) is 0 Å². The Morgan fingerprint density at radius 2 is 2.41 bits per heavy atom. The number of amides is 1. The highest BCUT2D eigenvalue weighted by Crippen LogP contribution is 2.19. The number of rotatable bonds is 4. The lowest BCUT2D eigenvalue weighted by Crippen LogP contribution is -2.43. The maximum absolute atomic E-state index is 12.7. The molecule has 118 valence electrons. The van der Waals surface area contributed by atoms with Gasteiger partial charge in [0.25, 0.3) is 5.91 Å². The third-order valence-corrected chi connectivity index (χ3v) is 4.07. The topological polar surface area (TPSA) is 71.1 Å². The molecule has 0 spiro atoms. The Morgan fingerprint density at radius 1 is 1.55 bits per heavy atom.